The van der Waals surface area contributed by atoms with Gasteiger partial charge < -0.3 is 5.11 Å². The van der Waals surface area contributed by atoms with E-state index in [-0.39, 0.29) is 16.7 Å². The fraction of sp³-hybridized carbons (Fsp3) is 0.538. The summed E-state index contributed by atoms with van der Waals surface area (Å²) in [6.07, 6.45) is -0.715. The van der Waals surface area contributed by atoms with E-state index >= 15 is 0 Å². The highest BCUT2D eigenvalue weighted by atomic mass is 32.2. The summed E-state index contributed by atoms with van der Waals surface area (Å²) in [4.78, 5) is 0. The molecule has 1 N–H and O–H groups in total. The van der Waals surface area contributed by atoms with Gasteiger partial charge in [0.1, 0.15) is 11.6 Å². The van der Waals surface area contributed by atoms with Gasteiger partial charge in [-0.05, 0) is 12.1 Å². The van der Waals surface area contributed by atoms with Crippen molar-refractivity contribution in [2.75, 3.05) is 5.75 Å². The van der Waals surface area contributed by atoms with E-state index in [1.807, 2.05) is 20.8 Å². The molecule has 0 saturated carbocycles. The van der Waals surface area contributed by atoms with Gasteiger partial charge in [0.2, 0.25) is 0 Å². The number of rotatable bonds is 4. The van der Waals surface area contributed by atoms with E-state index in [1.165, 1.54) is 18.2 Å². The van der Waals surface area contributed by atoms with Gasteiger partial charge in [0.05, 0.1) is 6.10 Å². The van der Waals surface area contributed by atoms with Gasteiger partial charge in [0.15, 0.2) is 0 Å². The number of thioether (sulfide) groups is 1. The molecule has 1 rings (SSSR count). The van der Waals surface area contributed by atoms with Crippen molar-refractivity contribution in [1.29, 1.82) is 0 Å². The van der Waals surface area contributed by atoms with Crippen LogP contribution in [0.25, 0.3) is 0 Å². The second kappa shape index (κ2) is 5.83. The Balaban J connectivity index is 2.59. The van der Waals surface area contributed by atoms with Crippen molar-refractivity contribution >= 4 is 11.8 Å². The smallest absolute Gasteiger partial charge is 0.129 e. The van der Waals surface area contributed by atoms with Crippen molar-refractivity contribution in [1.82, 2.24) is 0 Å². The summed E-state index contributed by atoms with van der Waals surface area (Å²) in [5, 5.41) is 9.76. The highest BCUT2D eigenvalue weighted by Gasteiger charge is 2.17. The number of halogens is 2. The third-order valence-corrected chi connectivity index (χ3v) is 3.63. The van der Waals surface area contributed by atoms with Gasteiger partial charge in [0.25, 0.3) is 0 Å². The molecule has 0 spiro atoms. The summed E-state index contributed by atoms with van der Waals surface area (Å²) >= 11 is 1.58. The van der Waals surface area contributed by atoms with Crippen LogP contribution >= 0.6 is 11.8 Å². The molecule has 0 radical (unpaired) electrons. The molecule has 17 heavy (non-hydrogen) atoms. The first-order valence-electron chi connectivity index (χ1n) is 5.54. The predicted octanol–water partition coefficient (Wildman–Crippen LogP) is 3.40. The van der Waals surface area contributed by atoms with Crippen LogP contribution < -0.4 is 0 Å². The number of aliphatic hydroxyl groups excluding tert-OH is 1. The van der Waals surface area contributed by atoms with Gasteiger partial charge in [-0.25, -0.2) is 8.78 Å². The summed E-state index contributed by atoms with van der Waals surface area (Å²) in [5.41, 5.74) is -0.0329. The normalized spacial score (nSPS) is 13.8. The molecule has 0 aliphatic carbocycles. The van der Waals surface area contributed by atoms with Crippen molar-refractivity contribution in [3.8, 4) is 0 Å². The van der Waals surface area contributed by atoms with Crippen LogP contribution in [0.3, 0.4) is 0 Å². The molecule has 0 aliphatic heterocycles. The number of aliphatic hydroxyl groups is 1. The van der Waals surface area contributed by atoms with E-state index in [9.17, 15) is 13.9 Å². The largest absolute Gasteiger partial charge is 0.392 e. The SMILES string of the molecule is CC(C)(C)SCC(O)Cc1c(F)cccc1F. The Labute approximate surface area is 105 Å². The van der Waals surface area contributed by atoms with Crippen LogP contribution in [0.5, 0.6) is 0 Å². The number of hydrogen-bond acceptors (Lipinski definition) is 2. The molecule has 1 nitrogen and oxygen atoms in total. The van der Waals surface area contributed by atoms with Crippen LogP contribution in [0.1, 0.15) is 26.3 Å². The first-order valence-corrected chi connectivity index (χ1v) is 6.53. The summed E-state index contributed by atoms with van der Waals surface area (Å²) in [7, 11) is 0. The van der Waals surface area contributed by atoms with Gasteiger partial charge in [-0.3, -0.25) is 0 Å². The molecular weight excluding hydrogens is 242 g/mol. The standard InChI is InChI=1S/C13H18F2OS/c1-13(2,3)17-8-9(16)7-10-11(14)5-4-6-12(10)15/h4-6,9,16H,7-8H2,1-3H3. The van der Waals surface area contributed by atoms with Gasteiger partial charge >= 0.3 is 0 Å². The molecular formula is C13H18F2OS. The Kier molecular flexibility index (Phi) is 4.95. The Morgan fingerprint density at radius 3 is 2.24 bits per heavy atom. The van der Waals surface area contributed by atoms with E-state index in [0.717, 1.165) is 0 Å². The van der Waals surface area contributed by atoms with Crippen LogP contribution in [-0.2, 0) is 6.42 Å². The summed E-state index contributed by atoms with van der Waals surface area (Å²) in [6, 6.07) is 3.74. The minimum Gasteiger partial charge on any atom is -0.392 e. The van der Waals surface area contributed by atoms with Crippen molar-refractivity contribution in [2.24, 2.45) is 0 Å². The highest BCUT2D eigenvalue weighted by Crippen LogP contribution is 2.25. The zero-order valence-corrected chi connectivity index (χ0v) is 11.2. The summed E-state index contributed by atoms with van der Waals surface area (Å²) in [5.74, 6) is -0.716. The van der Waals surface area contributed by atoms with Gasteiger partial charge in [-0.15, -0.1) is 0 Å². The Hall–Kier alpha value is -0.610. The Bertz CT molecular complexity index is 354. The first kappa shape index (κ1) is 14.5. The molecule has 0 fully saturated rings. The number of benzene rings is 1. The average Bonchev–Trinajstić information content (AvgIpc) is 2.20. The molecule has 0 aromatic heterocycles. The average molecular weight is 260 g/mol. The van der Waals surface area contributed by atoms with E-state index in [1.54, 1.807) is 11.8 Å². The second-order valence-electron chi connectivity index (χ2n) is 4.98. The Morgan fingerprint density at radius 1 is 1.24 bits per heavy atom. The third kappa shape index (κ3) is 5.04. The van der Waals surface area contributed by atoms with E-state index < -0.39 is 17.7 Å². The number of hydrogen-bond donors (Lipinski definition) is 1. The molecule has 0 amide bonds. The van der Waals surface area contributed by atoms with E-state index in [0.29, 0.717) is 5.75 Å². The Morgan fingerprint density at radius 2 is 1.76 bits per heavy atom. The van der Waals surface area contributed by atoms with E-state index in [4.69, 9.17) is 0 Å². The molecule has 0 bridgehead atoms. The molecule has 4 heteroatoms. The molecule has 0 aliphatic rings. The van der Waals surface area contributed by atoms with Crippen molar-refractivity contribution in [3.05, 3.63) is 35.4 Å². The van der Waals surface area contributed by atoms with Crippen LogP contribution in [0.4, 0.5) is 8.78 Å². The van der Waals surface area contributed by atoms with E-state index in [2.05, 4.69) is 0 Å². The molecule has 1 unspecified atom stereocenters. The minimum absolute atomic E-state index is 0.0155. The topological polar surface area (TPSA) is 20.2 Å². The second-order valence-corrected chi connectivity index (χ2v) is 6.83. The lowest BCUT2D eigenvalue weighted by atomic mass is 10.1. The zero-order valence-electron chi connectivity index (χ0n) is 10.3. The molecule has 0 saturated heterocycles. The third-order valence-electron chi connectivity index (χ3n) is 2.21. The lowest BCUT2D eigenvalue weighted by Gasteiger charge is -2.20. The fourth-order valence-corrected chi connectivity index (χ4v) is 2.18. The summed E-state index contributed by atoms with van der Waals surface area (Å²) < 4.78 is 26.7. The van der Waals surface area contributed by atoms with Crippen LogP contribution in [0.2, 0.25) is 0 Å². The maximum Gasteiger partial charge on any atom is 0.129 e. The zero-order chi connectivity index (χ0) is 13.1. The lowest BCUT2D eigenvalue weighted by molar-refractivity contribution is 0.197. The maximum absolute atomic E-state index is 13.3. The maximum atomic E-state index is 13.3. The van der Waals surface area contributed by atoms with Gasteiger partial charge in [-0.1, -0.05) is 26.8 Å². The van der Waals surface area contributed by atoms with Crippen LogP contribution in [-0.4, -0.2) is 21.7 Å². The molecule has 1 aromatic carbocycles. The predicted molar refractivity (Wildman–Crippen MR) is 68.3 cm³/mol. The lowest BCUT2D eigenvalue weighted by Crippen LogP contribution is -2.20. The van der Waals surface area contributed by atoms with Crippen LogP contribution in [0, 0.1) is 11.6 Å². The summed E-state index contributed by atoms with van der Waals surface area (Å²) in [6.45, 7) is 6.11. The van der Waals surface area contributed by atoms with Crippen molar-refractivity contribution in [2.45, 2.75) is 38.0 Å². The van der Waals surface area contributed by atoms with Crippen molar-refractivity contribution < 1.29 is 13.9 Å². The molecule has 1 aromatic rings. The van der Waals surface area contributed by atoms with Gasteiger partial charge in [-0.2, -0.15) is 11.8 Å². The monoisotopic (exact) mass is 260 g/mol. The first-order chi connectivity index (χ1) is 7.79. The molecule has 1 atom stereocenters. The molecule has 96 valence electrons. The van der Waals surface area contributed by atoms with Gasteiger partial charge in [0, 0.05) is 22.5 Å². The fourth-order valence-electron chi connectivity index (χ4n) is 1.37. The van der Waals surface area contributed by atoms with Crippen molar-refractivity contribution in [3.63, 3.8) is 0 Å². The molecule has 0 heterocycles. The minimum atomic E-state index is -0.731. The quantitative estimate of drug-likeness (QED) is 0.895. The van der Waals surface area contributed by atoms with Crippen LogP contribution in [0.15, 0.2) is 18.2 Å². The highest BCUT2D eigenvalue weighted by molar-refractivity contribution is 8.00.